The van der Waals surface area contributed by atoms with E-state index in [9.17, 15) is 9.59 Å². The molecule has 0 atom stereocenters. The number of fused-ring (bicyclic) bond motifs is 1. The summed E-state index contributed by atoms with van der Waals surface area (Å²) in [6.07, 6.45) is 0.733. The van der Waals surface area contributed by atoms with E-state index in [0.717, 1.165) is 22.8 Å². The van der Waals surface area contributed by atoms with Crippen molar-refractivity contribution in [2.45, 2.75) is 6.54 Å². The van der Waals surface area contributed by atoms with Crippen molar-refractivity contribution < 1.29 is 4.79 Å². The summed E-state index contributed by atoms with van der Waals surface area (Å²) in [5, 5.41) is 0.804. The Labute approximate surface area is 116 Å². The van der Waals surface area contributed by atoms with Crippen LogP contribution in [0.15, 0.2) is 65.5 Å². The minimum Gasteiger partial charge on any atom is -0.304 e. The SMILES string of the molecule is O=Cc1cc(=O)n(Cc2ccccc2)c2ccccc12. The molecule has 3 heteroatoms. The van der Waals surface area contributed by atoms with Crippen molar-refractivity contribution in [1.29, 1.82) is 0 Å². The van der Waals surface area contributed by atoms with E-state index >= 15 is 0 Å². The first kappa shape index (κ1) is 12.4. The molecule has 3 aromatic rings. The number of hydrogen-bond acceptors (Lipinski definition) is 2. The van der Waals surface area contributed by atoms with E-state index in [1.165, 1.54) is 6.07 Å². The summed E-state index contributed by atoms with van der Waals surface area (Å²) in [6.45, 7) is 0.499. The highest BCUT2D eigenvalue weighted by atomic mass is 16.1. The summed E-state index contributed by atoms with van der Waals surface area (Å²) in [4.78, 5) is 23.3. The maximum Gasteiger partial charge on any atom is 0.252 e. The second-order valence-corrected chi connectivity index (χ2v) is 4.64. The second kappa shape index (κ2) is 5.13. The number of hydrogen-bond donors (Lipinski definition) is 0. The van der Waals surface area contributed by atoms with Gasteiger partial charge in [0.25, 0.3) is 5.56 Å². The van der Waals surface area contributed by atoms with Gasteiger partial charge < -0.3 is 4.57 Å². The van der Waals surface area contributed by atoms with E-state index in [-0.39, 0.29) is 5.56 Å². The van der Waals surface area contributed by atoms with Crippen molar-refractivity contribution in [3.8, 4) is 0 Å². The average molecular weight is 263 g/mol. The number of carbonyl (C=O) groups is 1. The predicted molar refractivity (Wildman–Crippen MR) is 79.1 cm³/mol. The lowest BCUT2D eigenvalue weighted by Gasteiger charge is -2.11. The zero-order chi connectivity index (χ0) is 13.9. The molecule has 0 bridgehead atoms. The lowest BCUT2D eigenvalue weighted by molar-refractivity contribution is 0.112. The first-order valence-electron chi connectivity index (χ1n) is 6.41. The zero-order valence-electron chi connectivity index (χ0n) is 10.8. The van der Waals surface area contributed by atoms with Gasteiger partial charge in [0, 0.05) is 17.0 Å². The van der Waals surface area contributed by atoms with Crippen LogP contribution in [-0.4, -0.2) is 10.9 Å². The van der Waals surface area contributed by atoms with Crippen LogP contribution in [0.1, 0.15) is 15.9 Å². The van der Waals surface area contributed by atoms with E-state index in [2.05, 4.69) is 0 Å². The molecule has 20 heavy (non-hydrogen) atoms. The molecule has 1 heterocycles. The Morgan fingerprint density at radius 2 is 1.65 bits per heavy atom. The van der Waals surface area contributed by atoms with E-state index in [0.29, 0.717) is 12.1 Å². The lowest BCUT2D eigenvalue weighted by atomic mass is 10.1. The highest BCUT2D eigenvalue weighted by molar-refractivity contribution is 5.96. The van der Waals surface area contributed by atoms with Crippen LogP contribution in [0.5, 0.6) is 0 Å². The summed E-state index contributed by atoms with van der Waals surface area (Å²) < 4.78 is 1.69. The van der Waals surface area contributed by atoms with E-state index in [1.54, 1.807) is 4.57 Å². The van der Waals surface area contributed by atoms with Gasteiger partial charge in [-0.15, -0.1) is 0 Å². The zero-order valence-corrected chi connectivity index (χ0v) is 10.8. The van der Waals surface area contributed by atoms with Crippen LogP contribution < -0.4 is 5.56 Å². The Bertz CT molecular complexity index is 819. The Morgan fingerprint density at radius 1 is 0.950 bits per heavy atom. The fraction of sp³-hybridized carbons (Fsp3) is 0.0588. The maximum absolute atomic E-state index is 12.2. The number of benzene rings is 2. The van der Waals surface area contributed by atoms with Crippen LogP contribution in [0.2, 0.25) is 0 Å². The third-order valence-corrected chi connectivity index (χ3v) is 3.36. The summed E-state index contributed by atoms with van der Waals surface area (Å²) in [7, 11) is 0. The van der Waals surface area contributed by atoms with Crippen LogP contribution in [0.25, 0.3) is 10.9 Å². The molecule has 0 radical (unpaired) electrons. The van der Waals surface area contributed by atoms with Crippen LogP contribution in [0.4, 0.5) is 0 Å². The normalized spacial score (nSPS) is 10.6. The van der Waals surface area contributed by atoms with Gasteiger partial charge in [0.1, 0.15) is 0 Å². The molecule has 0 unspecified atom stereocenters. The molecule has 0 aliphatic heterocycles. The summed E-state index contributed by atoms with van der Waals surface area (Å²) in [6, 6.07) is 18.7. The molecule has 0 saturated heterocycles. The van der Waals surface area contributed by atoms with Crippen molar-refractivity contribution in [3.63, 3.8) is 0 Å². The maximum atomic E-state index is 12.2. The first-order chi connectivity index (χ1) is 9.79. The van der Waals surface area contributed by atoms with Gasteiger partial charge in [0.05, 0.1) is 12.1 Å². The fourth-order valence-electron chi connectivity index (χ4n) is 2.39. The minimum absolute atomic E-state index is 0.158. The van der Waals surface area contributed by atoms with Gasteiger partial charge in [-0.3, -0.25) is 9.59 Å². The van der Waals surface area contributed by atoms with Gasteiger partial charge in [-0.05, 0) is 11.6 Å². The molecule has 0 aliphatic carbocycles. The molecule has 3 rings (SSSR count). The van der Waals surface area contributed by atoms with Gasteiger partial charge in [0.15, 0.2) is 6.29 Å². The molecule has 3 nitrogen and oxygen atoms in total. The highest BCUT2D eigenvalue weighted by Crippen LogP contribution is 2.16. The number of aldehydes is 1. The smallest absolute Gasteiger partial charge is 0.252 e. The fourth-order valence-corrected chi connectivity index (χ4v) is 2.39. The van der Waals surface area contributed by atoms with Crippen molar-refractivity contribution in [1.82, 2.24) is 4.57 Å². The molecule has 1 aromatic heterocycles. The molecular weight excluding hydrogens is 250 g/mol. The van der Waals surface area contributed by atoms with E-state index in [4.69, 9.17) is 0 Å². The third-order valence-electron chi connectivity index (χ3n) is 3.36. The van der Waals surface area contributed by atoms with Gasteiger partial charge in [0.2, 0.25) is 0 Å². The quantitative estimate of drug-likeness (QED) is 0.682. The first-order valence-corrected chi connectivity index (χ1v) is 6.41. The Morgan fingerprint density at radius 3 is 2.40 bits per heavy atom. The topological polar surface area (TPSA) is 39.1 Å². The Hall–Kier alpha value is -2.68. The van der Waals surface area contributed by atoms with Crippen LogP contribution >= 0.6 is 0 Å². The minimum atomic E-state index is -0.158. The van der Waals surface area contributed by atoms with Crippen molar-refractivity contribution >= 4 is 17.2 Å². The largest absolute Gasteiger partial charge is 0.304 e. The molecule has 0 aliphatic rings. The van der Waals surface area contributed by atoms with E-state index < -0.39 is 0 Å². The van der Waals surface area contributed by atoms with Crippen LogP contribution in [0, 0.1) is 0 Å². The molecule has 0 N–H and O–H groups in total. The summed E-state index contributed by atoms with van der Waals surface area (Å²) in [5.74, 6) is 0. The van der Waals surface area contributed by atoms with Crippen LogP contribution in [0.3, 0.4) is 0 Å². The monoisotopic (exact) mass is 263 g/mol. The number of nitrogens with zero attached hydrogens (tertiary/aromatic N) is 1. The van der Waals surface area contributed by atoms with Gasteiger partial charge in [-0.25, -0.2) is 0 Å². The molecule has 0 fully saturated rings. The van der Waals surface area contributed by atoms with E-state index in [1.807, 2.05) is 54.6 Å². The lowest BCUT2D eigenvalue weighted by Crippen LogP contribution is -2.21. The summed E-state index contributed by atoms with van der Waals surface area (Å²) in [5.41, 5.74) is 2.12. The van der Waals surface area contributed by atoms with Crippen molar-refractivity contribution in [3.05, 3.63) is 82.1 Å². The van der Waals surface area contributed by atoms with Gasteiger partial charge in [-0.1, -0.05) is 48.5 Å². The number of pyridine rings is 1. The molecule has 0 spiro atoms. The average Bonchev–Trinajstić information content (AvgIpc) is 2.51. The Kier molecular flexibility index (Phi) is 3.17. The highest BCUT2D eigenvalue weighted by Gasteiger charge is 2.08. The van der Waals surface area contributed by atoms with Crippen molar-refractivity contribution in [2.75, 3.05) is 0 Å². The van der Waals surface area contributed by atoms with Crippen molar-refractivity contribution in [2.24, 2.45) is 0 Å². The van der Waals surface area contributed by atoms with Gasteiger partial charge >= 0.3 is 0 Å². The van der Waals surface area contributed by atoms with Crippen LogP contribution in [-0.2, 0) is 6.54 Å². The summed E-state index contributed by atoms with van der Waals surface area (Å²) >= 11 is 0. The number of carbonyl (C=O) groups excluding carboxylic acids is 1. The second-order valence-electron chi connectivity index (χ2n) is 4.64. The molecule has 0 amide bonds. The number of aromatic nitrogens is 1. The molecule has 2 aromatic carbocycles. The van der Waals surface area contributed by atoms with Gasteiger partial charge in [-0.2, -0.15) is 0 Å². The predicted octanol–water partition coefficient (Wildman–Crippen LogP) is 2.86. The number of rotatable bonds is 3. The standard InChI is InChI=1S/C17H13NO2/c19-12-14-10-17(20)18(11-13-6-2-1-3-7-13)16-9-5-4-8-15(14)16/h1-10,12H,11H2. The Balaban J connectivity index is 2.23. The molecule has 98 valence electrons. The molecular formula is C17H13NO2. The third kappa shape index (κ3) is 2.14. The number of para-hydroxylation sites is 1. The molecule has 0 saturated carbocycles.